The van der Waals surface area contributed by atoms with E-state index < -0.39 is 0 Å². The van der Waals surface area contributed by atoms with Crippen molar-refractivity contribution in [3.05, 3.63) is 29.8 Å². The van der Waals surface area contributed by atoms with E-state index in [1.807, 2.05) is 17.0 Å². The van der Waals surface area contributed by atoms with Gasteiger partial charge >= 0.3 is 6.03 Å². The van der Waals surface area contributed by atoms with Crippen molar-refractivity contribution in [2.45, 2.75) is 50.5 Å². The van der Waals surface area contributed by atoms with Gasteiger partial charge in [-0.05, 0) is 62.1 Å². The van der Waals surface area contributed by atoms with Gasteiger partial charge in [-0.2, -0.15) is 0 Å². The number of phenolic OH excluding ortho intramolecular Hbond substituents is 1. The van der Waals surface area contributed by atoms with Crippen molar-refractivity contribution in [3.63, 3.8) is 0 Å². The zero-order valence-electron chi connectivity index (χ0n) is 15.4. The first-order chi connectivity index (χ1) is 12.6. The van der Waals surface area contributed by atoms with Crippen molar-refractivity contribution >= 4 is 11.9 Å². The number of piperidine rings is 1. The number of carbonyl (C=O) groups excluding carboxylic acids is 2. The molecule has 0 spiro atoms. The first-order valence-electron chi connectivity index (χ1n) is 9.62. The van der Waals surface area contributed by atoms with Crippen molar-refractivity contribution in [2.75, 3.05) is 20.1 Å². The molecule has 0 unspecified atom stereocenters. The lowest BCUT2D eigenvalue weighted by Crippen LogP contribution is -2.49. The van der Waals surface area contributed by atoms with Crippen molar-refractivity contribution in [1.82, 2.24) is 15.5 Å². The highest BCUT2D eigenvalue weighted by Crippen LogP contribution is 2.29. The Morgan fingerprint density at radius 1 is 1.00 bits per heavy atom. The third kappa shape index (κ3) is 4.48. The molecule has 1 saturated heterocycles. The topological polar surface area (TPSA) is 81.7 Å². The Bertz CT molecular complexity index is 616. The Morgan fingerprint density at radius 2 is 1.62 bits per heavy atom. The molecule has 1 aliphatic carbocycles. The minimum atomic E-state index is 0.0255. The standard InChI is InChI=1S/C20H29N3O3/c1-21-19(25)16-2-6-17(7-3-16)22-20(26)23-12-10-15(11-13-23)14-4-8-18(24)9-5-14/h4-5,8-9,15-17,24H,2-3,6-7,10-13H2,1H3,(H,21,25)(H,22,26). The number of phenols is 1. The van der Waals surface area contributed by atoms with Gasteiger partial charge < -0.3 is 20.6 Å². The van der Waals surface area contributed by atoms with Crippen LogP contribution in [0.5, 0.6) is 5.75 Å². The Balaban J connectivity index is 1.43. The quantitative estimate of drug-likeness (QED) is 0.776. The van der Waals surface area contributed by atoms with Crippen LogP contribution in [-0.2, 0) is 4.79 Å². The largest absolute Gasteiger partial charge is 0.508 e. The van der Waals surface area contributed by atoms with Gasteiger partial charge in [0, 0.05) is 32.1 Å². The lowest BCUT2D eigenvalue weighted by molar-refractivity contribution is -0.125. The molecule has 2 fully saturated rings. The first-order valence-corrected chi connectivity index (χ1v) is 9.62. The van der Waals surface area contributed by atoms with Gasteiger partial charge in [-0.1, -0.05) is 12.1 Å². The Labute approximate surface area is 155 Å². The van der Waals surface area contributed by atoms with Gasteiger partial charge in [0.1, 0.15) is 5.75 Å². The molecule has 0 atom stereocenters. The van der Waals surface area contributed by atoms with Gasteiger partial charge in [-0.25, -0.2) is 4.79 Å². The fourth-order valence-electron chi connectivity index (χ4n) is 4.13. The molecule has 6 heteroatoms. The van der Waals surface area contributed by atoms with Crippen LogP contribution in [0.4, 0.5) is 4.79 Å². The predicted molar refractivity (Wildman–Crippen MR) is 100.0 cm³/mol. The highest BCUT2D eigenvalue weighted by Gasteiger charge is 2.29. The van der Waals surface area contributed by atoms with Crippen LogP contribution in [0, 0.1) is 5.92 Å². The lowest BCUT2D eigenvalue weighted by atomic mass is 9.85. The van der Waals surface area contributed by atoms with E-state index in [4.69, 9.17) is 0 Å². The van der Waals surface area contributed by atoms with Gasteiger partial charge in [0.25, 0.3) is 0 Å². The second-order valence-electron chi connectivity index (χ2n) is 7.47. The highest BCUT2D eigenvalue weighted by molar-refractivity contribution is 5.78. The monoisotopic (exact) mass is 359 g/mol. The molecule has 0 radical (unpaired) electrons. The number of amides is 3. The fourth-order valence-corrected chi connectivity index (χ4v) is 4.13. The highest BCUT2D eigenvalue weighted by atomic mass is 16.3. The molecule has 1 aromatic carbocycles. The molecule has 1 saturated carbocycles. The van der Waals surface area contributed by atoms with Gasteiger partial charge in [0.15, 0.2) is 0 Å². The second kappa shape index (κ2) is 8.43. The summed E-state index contributed by atoms with van der Waals surface area (Å²) in [6.07, 6.45) is 5.31. The van der Waals surface area contributed by atoms with E-state index in [-0.39, 0.29) is 29.6 Å². The van der Waals surface area contributed by atoms with Crippen LogP contribution in [0.15, 0.2) is 24.3 Å². The number of nitrogens with one attached hydrogen (secondary N) is 2. The number of nitrogens with zero attached hydrogens (tertiary/aromatic N) is 1. The summed E-state index contributed by atoms with van der Waals surface area (Å²) in [5, 5.41) is 15.3. The van der Waals surface area contributed by atoms with Gasteiger partial charge in [-0.15, -0.1) is 0 Å². The van der Waals surface area contributed by atoms with Gasteiger partial charge in [0.2, 0.25) is 5.91 Å². The first kappa shape index (κ1) is 18.5. The molecule has 3 rings (SSSR count). The maximum Gasteiger partial charge on any atom is 0.317 e. The summed E-state index contributed by atoms with van der Waals surface area (Å²) in [6.45, 7) is 1.51. The SMILES string of the molecule is CNC(=O)C1CCC(NC(=O)N2CCC(c3ccc(O)cc3)CC2)CC1. The number of carbonyl (C=O) groups is 2. The number of urea groups is 1. The smallest absolute Gasteiger partial charge is 0.317 e. The number of rotatable bonds is 3. The van der Waals surface area contributed by atoms with Gasteiger partial charge in [0.05, 0.1) is 0 Å². The molecular formula is C20H29N3O3. The summed E-state index contributed by atoms with van der Waals surface area (Å²) < 4.78 is 0. The molecule has 0 bridgehead atoms. The van der Waals surface area contributed by atoms with Gasteiger partial charge in [-0.3, -0.25) is 4.79 Å². The zero-order valence-corrected chi connectivity index (χ0v) is 15.4. The number of likely N-dealkylation sites (tertiary alicyclic amines) is 1. The summed E-state index contributed by atoms with van der Waals surface area (Å²) in [5.74, 6) is 0.944. The van der Waals surface area contributed by atoms with Crippen molar-refractivity contribution in [3.8, 4) is 5.75 Å². The minimum absolute atomic E-state index is 0.0255. The van der Waals surface area contributed by atoms with Crippen LogP contribution in [0.25, 0.3) is 0 Å². The number of hydrogen-bond acceptors (Lipinski definition) is 3. The average Bonchev–Trinajstić information content (AvgIpc) is 2.68. The molecule has 1 aromatic rings. The molecule has 26 heavy (non-hydrogen) atoms. The summed E-state index contributed by atoms with van der Waals surface area (Å²) >= 11 is 0. The molecule has 3 amide bonds. The van der Waals surface area contributed by atoms with Crippen LogP contribution in [0.3, 0.4) is 0 Å². The molecule has 0 aromatic heterocycles. The van der Waals surface area contributed by atoms with Crippen LogP contribution in [0.2, 0.25) is 0 Å². The third-order valence-electron chi connectivity index (χ3n) is 5.82. The maximum atomic E-state index is 12.5. The van der Waals surface area contributed by atoms with Crippen molar-refractivity contribution in [2.24, 2.45) is 5.92 Å². The van der Waals surface area contributed by atoms with E-state index in [1.165, 1.54) is 5.56 Å². The molecule has 3 N–H and O–H groups in total. The van der Waals surface area contributed by atoms with E-state index in [1.54, 1.807) is 19.2 Å². The minimum Gasteiger partial charge on any atom is -0.508 e. The fraction of sp³-hybridized carbons (Fsp3) is 0.600. The predicted octanol–water partition coefficient (Wildman–Crippen LogP) is 2.59. The molecular weight excluding hydrogens is 330 g/mol. The van der Waals surface area contributed by atoms with Crippen molar-refractivity contribution in [1.29, 1.82) is 0 Å². The average molecular weight is 359 g/mol. The molecule has 2 aliphatic rings. The second-order valence-corrected chi connectivity index (χ2v) is 7.47. The zero-order chi connectivity index (χ0) is 18.5. The summed E-state index contributed by atoms with van der Waals surface area (Å²) in [5.41, 5.74) is 1.23. The number of aromatic hydroxyl groups is 1. The third-order valence-corrected chi connectivity index (χ3v) is 5.82. The van der Waals surface area contributed by atoms with Crippen LogP contribution < -0.4 is 10.6 Å². The van der Waals surface area contributed by atoms with E-state index in [0.29, 0.717) is 5.92 Å². The van der Waals surface area contributed by atoms with Crippen LogP contribution in [0.1, 0.15) is 50.0 Å². The Hall–Kier alpha value is -2.24. The molecule has 142 valence electrons. The maximum absolute atomic E-state index is 12.5. The summed E-state index contributed by atoms with van der Waals surface area (Å²) in [6, 6.07) is 7.60. The van der Waals surface area contributed by atoms with E-state index >= 15 is 0 Å². The normalized spacial score (nSPS) is 24.1. The number of hydrogen-bond donors (Lipinski definition) is 3. The van der Waals surface area contributed by atoms with E-state index in [2.05, 4.69) is 10.6 Å². The molecule has 1 aliphatic heterocycles. The molecule has 6 nitrogen and oxygen atoms in total. The summed E-state index contributed by atoms with van der Waals surface area (Å²) in [4.78, 5) is 26.1. The Morgan fingerprint density at radius 3 is 2.19 bits per heavy atom. The summed E-state index contributed by atoms with van der Waals surface area (Å²) in [7, 11) is 1.68. The van der Waals surface area contributed by atoms with Crippen LogP contribution >= 0.6 is 0 Å². The number of benzene rings is 1. The van der Waals surface area contributed by atoms with E-state index in [9.17, 15) is 14.7 Å². The van der Waals surface area contributed by atoms with E-state index in [0.717, 1.165) is 51.6 Å². The lowest BCUT2D eigenvalue weighted by Gasteiger charge is -2.35. The molecule has 1 heterocycles. The van der Waals surface area contributed by atoms with Crippen molar-refractivity contribution < 1.29 is 14.7 Å². The Kier molecular flexibility index (Phi) is 6.01. The van der Waals surface area contributed by atoms with Crippen LogP contribution in [-0.4, -0.2) is 48.1 Å².